The van der Waals surface area contributed by atoms with Crippen LogP contribution in [0.2, 0.25) is 0 Å². The number of hydrogen-bond acceptors (Lipinski definition) is 6. The van der Waals surface area contributed by atoms with Gasteiger partial charge < -0.3 is 19.7 Å². The second-order valence-electron chi connectivity index (χ2n) is 8.48. The fourth-order valence-electron chi connectivity index (χ4n) is 3.92. The first-order chi connectivity index (χ1) is 14.2. The molecular formula is C22H31N3O5. The molecule has 0 spiro atoms. The van der Waals surface area contributed by atoms with Crippen LogP contribution in [0.4, 0.5) is 5.69 Å². The minimum atomic E-state index is -0.197. The molecule has 0 aliphatic carbocycles. The number of anilines is 1. The van der Waals surface area contributed by atoms with Gasteiger partial charge in [0.25, 0.3) is 0 Å². The molecule has 1 fully saturated rings. The fourth-order valence-corrected chi connectivity index (χ4v) is 3.92. The van der Waals surface area contributed by atoms with Gasteiger partial charge in [0, 0.05) is 37.2 Å². The number of likely N-dealkylation sites (N-methyl/N-ethyl adjacent to an activating group) is 1. The smallest absolute Gasteiger partial charge is 0.238 e. The lowest BCUT2D eigenvalue weighted by Gasteiger charge is -2.36. The summed E-state index contributed by atoms with van der Waals surface area (Å²) >= 11 is 0. The number of carbonyl (C=O) groups is 3. The van der Waals surface area contributed by atoms with Gasteiger partial charge in [0.1, 0.15) is 0 Å². The van der Waals surface area contributed by atoms with Gasteiger partial charge in [-0.2, -0.15) is 0 Å². The van der Waals surface area contributed by atoms with E-state index in [0.717, 1.165) is 25.9 Å². The minimum Gasteiger partial charge on any atom is -0.454 e. The molecule has 1 aromatic carbocycles. The summed E-state index contributed by atoms with van der Waals surface area (Å²) in [5.74, 6) is 1.24. The number of carbonyl (C=O) groups excluding carboxylic acids is 3. The molecule has 0 radical (unpaired) electrons. The van der Waals surface area contributed by atoms with E-state index in [4.69, 9.17) is 9.47 Å². The predicted molar refractivity (Wildman–Crippen MR) is 113 cm³/mol. The zero-order valence-electron chi connectivity index (χ0n) is 18.2. The maximum absolute atomic E-state index is 12.6. The number of hydrogen-bond donors (Lipinski definition) is 1. The summed E-state index contributed by atoms with van der Waals surface area (Å²) in [5, 5.41) is 2.84. The van der Waals surface area contributed by atoms with E-state index in [2.05, 4.69) is 19.2 Å². The summed E-state index contributed by atoms with van der Waals surface area (Å²) < 4.78 is 10.7. The van der Waals surface area contributed by atoms with Crippen LogP contribution in [-0.2, 0) is 9.59 Å². The Labute approximate surface area is 177 Å². The number of nitrogens with zero attached hydrogens (tertiary/aromatic N) is 2. The van der Waals surface area contributed by atoms with Gasteiger partial charge in [-0.25, -0.2) is 0 Å². The SMILES string of the molecule is CC(=O)c1cc2c(cc1NC(=O)CN(C)C1CCN(C(=O)CC(C)C)CC1)OCO2. The fraction of sp³-hybridized carbons (Fsp3) is 0.591. The second kappa shape index (κ2) is 9.47. The number of benzene rings is 1. The Hall–Kier alpha value is -2.61. The number of Topliss-reactive ketones (excluding diaryl/α,β-unsaturated/α-hetero) is 1. The minimum absolute atomic E-state index is 0.102. The van der Waals surface area contributed by atoms with E-state index in [-0.39, 0.29) is 37.0 Å². The molecule has 0 saturated carbocycles. The van der Waals surface area contributed by atoms with E-state index >= 15 is 0 Å². The normalized spacial score (nSPS) is 16.3. The van der Waals surface area contributed by atoms with Crippen molar-refractivity contribution in [2.45, 2.75) is 46.1 Å². The third kappa shape index (κ3) is 5.30. The number of amides is 2. The molecule has 8 nitrogen and oxygen atoms in total. The summed E-state index contributed by atoms with van der Waals surface area (Å²) in [6, 6.07) is 3.48. The Morgan fingerprint density at radius 3 is 2.40 bits per heavy atom. The van der Waals surface area contributed by atoms with Crippen molar-refractivity contribution in [3.8, 4) is 11.5 Å². The zero-order valence-corrected chi connectivity index (χ0v) is 18.2. The molecule has 2 heterocycles. The molecule has 30 heavy (non-hydrogen) atoms. The third-order valence-electron chi connectivity index (χ3n) is 5.58. The number of ether oxygens (including phenoxy) is 2. The van der Waals surface area contributed by atoms with Gasteiger partial charge in [-0.1, -0.05) is 13.8 Å². The van der Waals surface area contributed by atoms with Crippen LogP contribution in [0.3, 0.4) is 0 Å². The zero-order chi connectivity index (χ0) is 21.8. The average Bonchev–Trinajstić information content (AvgIpc) is 3.14. The first kappa shape index (κ1) is 22.1. The standard InChI is InChI=1S/C22H31N3O5/c1-14(2)9-22(28)25-7-5-16(6-8-25)24(4)12-21(27)23-18-11-20-19(29-13-30-20)10-17(18)15(3)26/h10-11,14,16H,5-9,12-13H2,1-4H3,(H,23,27). The molecule has 1 saturated heterocycles. The van der Waals surface area contributed by atoms with Gasteiger partial charge in [-0.05, 0) is 38.8 Å². The molecule has 0 aromatic heterocycles. The van der Waals surface area contributed by atoms with Gasteiger partial charge >= 0.3 is 0 Å². The first-order valence-corrected chi connectivity index (χ1v) is 10.5. The van der Waals surface area contributed by atoms with Crippen LogP contribution in [0.15, 0.2) is 12.1 Å². The van der Waals surface area contributed by atoms with Crippen molar-refractivity contribution in [3.63, 3.8) is 0 Å². The Morgan fingerprint density at radius 2 is 1.80 bits per heavy atom. The first-order valence-electron chi connectivity index (χ1n) is 10.5. The van der Waals surface area contributed by atoms with E-state index in [1.807, 2.05) is 16.8 Å². The van der Waals surface area contributed by atoms with Crippen LogP contribution in [0.25, 0.3) is 0 Å². The molecule has 3 rings (SSSR count). The van der Waals surface area contributed by atoms with Gasteiger partial charge in [-0.3, -0.25) is 19.3 Å². The van der Waals surface area contributed by atoms with Gasteiger partial charge in [0.15, 0.2) is 17.3 Å². The number of piperidine rings is 1. The summed E-state index contributed by atoms with van der Waals surface area (Å²) in [4.78, 5) is 40.8. The Bertz CT molecular complexity index is 815. The number of nitrogens with one attached hydrogen (secondary N) is 1. The van der Waals surface area contributed by atoms with Crippen molar-refractivity contribution >= 4 is 23.3 Å². The molecule has 2 aliphatic heterocycles. The van der Waals surface area contributed by atoms with E-state index in [0.29, 0.717) is 35.1 Å². The molecule has 0 bridgehead atoms. The molecule has 2 aliphatic rings. The van der Waals surface area contributed by atoms with Crippen LogP contribution in [0.5, 0.6) is 11.5 Å². The van der Waals surface area contributed by atoms with E-state index in [9.17, 15) is 14.4 Å². The maximum Gasteiger partial charge on any atom is 0.238 e. The monoisotopic (exact) mass is 417 g/mol. The lowest BCUT2D eigenvalue weighted by molar-refractivity contribution is -0.133. The van der Waals surface area contributed by atoms with Crippen LogP contribution in [-0.4, -0.2) is 66.9 Å². The molecule has 164 valence electrons. The summed E-state index contributed by atoms with van der Waals surface area (Å²) in [7, 11) is 1.92. The highest BCUT2D eigenvalue weighted by molar-refractivity contribution is 6.05. The second-order valence-corrected chi connectivity index (χ2v) is 8.48. The van der Waals surface area contributed by atoms with Gasteiger partial charge in [0.2, 0.25) is 18.6 Å². The summed E-state index contributed by atoms with van der Waals surface area (Å²) in [5.41, 5.74) is 0.825. The quantitative estimate of drug-likeness (QED) is 0.686. The molecule has 8 heteroatoms. The van der Waals surface area contributed by atoms with Crippen LogP contribution >= 0.6 is 0 Å². The van der Waals surface area contributed by atoms with Crippen molar-refractivity contribution < 1.29 is 23.9 Å². The number of fused-ring (bicyclic) bond motifs is 1. The maximum atomic E-state index is 12.6. The summed E-state index contributed by atoms with van der Waals surface area (Å²) in [6.07, 6.45) is 2.27. The molecule has 0 unspecified atom stereocenters. The molecular weight excluding hydrogens is 386 g/mol. The highest BCUT2D eigenvalue weighted by Crippen LogP contribution is 2.37. The Kier molecular flexibility index (Phi) is 6.97. The predicted octanol–water partition coefficient (Wildman–Crippen LogP) is 2.53. The highest BCUT2D eigenvalue weighted by Gasteiger charge is 2.27. The largest absolute Gasteiger partial charge is 0.454 e. The van der Waals surface area contributed by atoms with Crippen molar-refractivity contribution in [1.82, 2.24) is 9.80 Å². The average molecular weight is 418 g/mol. The highest BCUT2D eigenvalue weighted by atomic mass is 16.7. The van der Waals surface area contributed by atoms with Gasteiger partial charge in [-0.15, -0.1) is 0 Å². The van der Waals surface area contributed by atoms with Gasteiger partial charge in [0.05, 0.1) is 12.2 Å². The number of rotatable bonds is 7. The van der Waals surface area contributed by atoms with Crippen LogP contribution < -0.4 is 14.8 Å². The Morgan fingerprint density at radius 1 is 1.17 bits per heavy atom. The lowest BCUT2D eigenvalue weighted by atomic mass is 10.0. The van der Waals surface area contributed by atoms with Crippen molar-refractivity contribution in [2.75, 3.05) is 38.8 Å². The van der Waals surface area contributed by atoms with Crippen molar-refractivity contribution in [2.24, 2.45) is 5.92 Å². The van der Waals surface area contributed by atoms with Crippen molar-refractivity contribution in [1.29, 1.82) is 0 Å². The number of ketones is 1. The van der Waals surface area contributed by atoms with Crippen molar-refractivity contribution in [3.05, 3.63) is 17.7 Å². The third-order valence-corrected chi connectivity index (χ3v) is 5.58. The molecule has 1 N–H and O–H groups in total. The molecule has 1 aromatic rings. The van der Waals surface area contributed by atoms with E-state index < -0.39 is 0 Å². The van der Waals surface area contributed by atoms with E-state index in [1.54, 1.807) is 12.1 Å². The molecule has 0 atom stereocenters. The van der Waals surface area contributed by atoms with Crippen LogP contribution in [0, 0.1) is 5.92 Å². The van der Waals surface area contributed by atoms with E-state index in [1.165, 1.54) is 6.92 Å². The molecule has 2 amide bonds. The topological polar surface area (TPSA) is 88.2 Å². The van der Waals surface area contributed by atoms with Crippen LogP contribution in [0.1, 0.15) is 50.4 Å². The number of likely N-dealkylation sites (tertiary alicyclic amines) is 1. The Balaban J connectivity index is 1.55. The summed E-state index contributed by atoms with van der Waals surface area (Å²) in [6.45, 7) is 7.30. The lowest BCUT2D eigenvalue weighted by Crippen LogP contribution is -2.47.